The molecule has 0 radical (unpaired) electrons. The Morgan fingerprint density at radius 3 is 2.38 bits per heavy atom. The number of rotatable bonds is 2. The number of imidazole rings is 1. The number of aromatic nitrogens is 2. The lowest BCUT2D eigenvalue weighted by Crippen LogP contribution is -1.92. The minimum Gasteiger partial charge on any atom is -0.334 e. The van der Waals surface area contributed by atoms with Gasteiger partial charge in [0.15, 0.2) is 0 Å². The zero-order valence-electron chi connectivity index (χ0n) is 9.99. The van der Waals surface area contributed by atoms with Crippen LogP contribution in [0.4, 0.5) is 0 Å². The van der Waals surface area contributed by atoms with Crippen LogP contribution >= 0.6 is 0 Å². The Bertz CT molecular complexity index is 518. The SMILES string of the molecule is C=C(C)c1nc(-c2ccc(C)cc2)cn1C. The number of hydrogen-bond acceptors (Lipinski definition) is 1. The summed E-state index contributed by atoms with van der Waals surface area (Å²) in [4.78, 5) is 4.57. The predicted molar refractivity (Wildman–Crippen MR) is 68.1 cm³/mol. The second-order valence-corrected chi connectivity index (χ2v) is 4.21. The first-order chi connectivity index (χ1) is 7.58. The average molecular weight is 212 g/mol. The van der Waals surface area contributed by atoms with Gasteiger partial charge in [-0.15, -0.1) is 0 Å². The van der Waals surface area contributed by atoms with Gasteiger partial charge in [-0.1, -0.05) is 36.4 Å². The molecule has 2 heteroatoms. The number of nitrogens with zero attached hydrogens (tertiary/aromatic N) is 2. The van der Waals surface area contributed by atoms with Crippen LogP contribution in [0.1, 0.15) is 18.3 Å². The Morgan fingerprint density at radius 1 is 1.25 bits per heavy atom. The van der Waals surface area contributed by atoms with Crippen LogP contribution in [0.2, 0.25) is 0 Å². The lowest BCUT2D eigenvalue weighted by Gasteiger charge is -1.97. The van der Waals surface area contributed by atoms with Gasteiger partial charge < -0.3 is 4.57 Å². The zero-order chi connectivity index (χ0) is 11.7. The topological polar surface area (TPSA) is 17.8 Å². The van der Waals surface area contributed by atoms with Gasteiger partial charge in [-0.05, 0) is 19.4 Å². The average Bonchev–Trinajstić information content (AvgIpc) is 2.61. The van der Waals surface area contributed by atoms with Gasteiger partial charge in [0.2, 0.25) is 0 Å². The maximum absolute atomic E-state index is 4.57. The predicted octanol–water partition coefficient (Wildman–Crippen LogP) is 3.43. The van der Waals surface area contributed by atoms with E-state index in [1.165, 1.54) is 5.56 Å². The van der Waals surface area contributed by atoms with Gasteiger partial charge >= 0.3 is 0 Å². The number of allylic oxidation sites excluding steroid dienone is 1. The standard InChI is InChI=1S/C14H16N2/c1-10(2)14-15-13(9-16(14)4)12-7-5-11(3)6-8-12/h5-9H,1H2,2-4H3. The summed E-state index contributed by atoms with van der Waals surface area (Å²) in [7, 11) is 1.99. The van der Waals surface area contributed by atoms with Crippen molar-refractivity contribution in [2.45, 2.75) is 13.8 Å². The van der Waals surface area contributed by atoms with Crippen molar-refractivity contribution in [2.24, 2.45) is 7.05 Å². The molecule has 1 aromatic carbocycles. The molecule has 0 unspecified atom stereocenters. The summed E-state index contributed by atoms with van der Waals surface area (Å²) in [6.45, 7) is 7.98. The lowest BCUT2D eigenvalue weighted by atomic mass is 10.1. The van der Waals surface area contributed by atoms with Gasteiger partial charge in [0, 0.05) is 18.8 Å². The van der Waals surface area contributed by atoms with E-state index in [2.05, 4.69) is 42.8 Å². The minimum atomic E-state index is 0.940. The maximum atomic E-state index is 4.57. The highest BCUT2D eigenvalue weighted by atomic mass is 15.0. The normalized spacial score (nSPS) is 10.4. The van der Waals surface area contributed by atoms with Crippen LogP contribution in [-0.2, 0) is 7.05 Å². The molecule has 1 heterocycles. The van der Waals surface area contributed by atoms with Crippen molar-refractivity contribution in [1.82, 2.24) is 9.55 Å². The monoisotopic (exact) mass is 212 g/mol. The molecule has 0 aliphatic heterocycles. The first-order valence-corrected chi connectivity index (χ1v) is 5.34. The van der Waals surface area contributed by atoms with E-state index in [0.29, 0.717) is 0 Å². The first-order valence-electron chi connectivity index (χ1n) is 5.34. The number of hydrogen-bond donors (Lipinski definition) is 0. The summed E-state index contributed by atoms with van der Waals surface area (Å²) in [6, 6.07) is 8.40. The van der Waals surface area contributed by atoms with Gasteiger partial charge in [-0.2, -0.15) is 0 Å². The molecule has 16 heavy (non-hydrogen) atoms. The highest BCUT2D eigenvalue weighted by Gasteiger charge is 2.07. The van der Waals surface area contributed by atoms with E-state index in [1.807, 2.05) is 24.7 Å². The fourth-order valence-electron chi connectivity index (χ4n) is 1.73. The highest BCUT2D eigenvalue weighted by molar-refractivity contribution is 5.64. The fraction of sp³-hybridized carbons (Fsp3) is 0.214. The van der Waals surface area contributed by atoms with Gasteiger partial charge in [0.05, 0.1) is 5.69 Å². The third kappa shape index (κ3) is 1.91. The van der Waals surface area contributed by atoms with Crippen LogP contribution in [0.25, 0.3) is 16.8 Å². The van der Waals surface area contributed by atoms with Crippen LogP contribution in [0.15, 0.2) is 37.0 Å². The van der Waals surface area contributed by atoms with E-state index in [0.717, 1.165) is 22.7 Å². The number of benzene rings is 1. The van der Waals surface area contributed by atoms with Crippen LogP contribution < -0.4 is 0 Å². The number of aryl methyl sites for hydroxylation is 2. The quantitative estimate of drug-likeness (QED) is 0.745. The van der Waals surface area contributed by atoms with E-state index >= 15 is 0 Å². The molecule has 2 nitrogen and oxygen atoms in total. The molecular weight excluding hydrogens is 196 g/mol. The molecule has 82 valence electrons. The van der Waals surface area contributed by atoms with Crippen LogP contribution in [0, 0.1) is 6.92 Å². The molecule has 0 aliphatic carbocycles. The Labute approximate surface area is 96.3 Å². The largest absolute Gasteiger partial charge is 0.334 e. The molecule has 1 aromatic heterocycles. The molecule has 0 atom stereocenters. The van der Waals surface area contributed by atoms with Crippen molar-refractivity contribution in [3.8, 4) is 11.3 Å². The summed E-state index contributed by atoms with van der Waals surface area (Å²) in [5.74, 6) is 0.940. The first kappa shape index (κ1) is 10.7. The van der Waals surface area contributed by atoms with Crippen molar-refractivity contribution < 1.29 is 0 Å². The molecule has 2 rings (SSSR count). The van der Waals surface area contributed by atoms with Crippen LogP contribution in [-0.4, -0.2) is 9.55 Å². The molecule has 2 aromatic rings. The van der Waals surface area contributed by atoms with Crippen LogP contribution in [0.3, 0.4) is 0 Å². The van der Waals surface area contributed by atoms with Crippen molar-refractivity contribution in [3.05, 3.63) is 48.4 Å². The summed E-state index contributed by atoms with van der Waals surface area (Å²) in [6.07, 6.45) is 2.04. The minimum absolute atomic E-state index is 0.940. The van der Waals surface area contributed by atoms with Crippen molar-refractivity contribution in [2.75, 3.05) is 0 Å². The van der Waals surface area contributed by atoms with E-state index in [9.17, 15) is 0 Å². The molecule has 0 amide bonds. The Balaban J connectivity index is 2.45. The molecule has 0 fully saturated rings. The van der Waals surface area contributed by atoms with Crippen molar-refractivity contribution in [1.29, 1.82) is 0 Å². The fourth-order valence-corrected chi connectivity index (χ4v) is 1.73. The van der Waals surface area contributed by atoms with Gasteiger partial charge in [0.25, 0.3) is 0 Å². The van der Waals surface area contributed by atoms with E-state index in [1.54, 1.807) is 0 Å². The van der Waals surface area contributed by atoms with Crippen LogP contribution in [0.5, 0.6) is 0 Å². The third-order valence-electron chi connectivity index (χ3n) is 2.61. The highest BCUT2D eigenvalue weighted by Crippen LogP contribution is 2.21. The Hall–Kier alpha value is -1.83. The molecule has 0 aliphatic rings. The molecule has 0 saturated heterocycles. The van der Waals surface area contributed by atoms with E-state index in [-0.39, 0.29) is 0 Å². The second kappa shape index (κ2) is 3.97. The van der Waals surface area contributed by atoms with Gasteiger partial charge in [-0.25, -0.2) is 4.98 Å². The molecule has 0 spiro atoms. The zero-order valence-corrected chi connectivity index (χ0v) is 9.99. The molecule has 0 N–H and O–H groups in total. The Morgan fingerprint density at radius 2 is 1.88 bits per heavy atom. The van der Waals surface area contributed by atoms with E-state index in [4.69, 9.17) is 0 Å². The smallest absolute Gasteiger partial charge is 0.135 e. The summed E-state index contributed by atoms with van der Waals surface area (Å²) < 4.78 is 2.01. The molecule has 0 bridgehead atoms. The summed E-state index contributed by atoms with van der Waals surface area (Å²) in [5.41, 5.74) is 4.40. The lowest BCUT2D eigenvalue weighted by molar-refractivity contribution is 0.889. The third-order valence-corrected chi connectivity index (χ3v) is 2.61. The second-order valence-electron chi connectivity index (χ2n) is 4.21. The van der Waals surface area contributed by atoms with Gasteiger partial charge in [-0.3, -0.25) is 0 Å². The van der Waals surface area contributed by atoms with E-state index < -0.39 is 0 Å². The van der Waals surface area contributed by atoms with Gasteiger partial charge in [0.1, 0.15) is 5.82 Å². The Kier molecular flexibility index (Phi) is 2.65. The summed E-state index contributed by atoms with van der Waals surface area (Å²) >= 11 is 0. The molecular formula is C14H16N2. The molecule has 0 saturated carbocycles. The summed E-state index contributed by atoms with van der Waals surface area (Å²) in [5, 5.41) is 0. The van der Waals surface area contributed by atoms with Crippen molar-refractivity contribution >= 4 is 5.57 Å². The maximum Gasteiger partial charge on any atom is 0.135 e. The van der Waals surface area contributed by atoms with Crippen molar-refractivity contribution in [3.63, 3.8) is 0 Å².